The molecule has 8 nitrogen and oxygen atoms in total. The molecule has 1 aromatic heterocycles. The number of hydrogen-bond donors (Lipinski definition) is 0. The highest BCUT2D eigenvalue weighted by molar-refractivity contribution is 7.86. The van der Waals surface area contributed by atoms with E-state index in [2.05, 4.69) is 9.17 Å². The second-order valence-corrected chi connectivity index (χ2v) is 6.39. The van der Waals surface area contributed by atoms with Crippen LogP contribution in [-0.4, -0.2) is 29.1 Å². The molecule has 0 spiro atoms. The van der Waals surface area contributed by atoms with E-state index in [1.807, 2.05) is 0 Å². The Morgan fingerprint density at radius 2 is 1.92 bits per heavy atom. The number of non-ortho nitro benzene ring substituents is 1. The molecule has 24 heavy (non-hydrogen) atoms. The van der Waals surface area contributed by atoms with Crippen molar-refractivity contribution in [3.05, 3.63) is 45.8 Å². The van der Waals surface area contributed by atoms with Crippen molar-refractivity contribution >= 4 is 15.8 Å². The van der Waals surface area contributed by atoms with Crippen LogP contribution in [0.3, 0.4) is 0 Å². The van der Waals surface area contributed by atoms with Crippen molar-refractivity contribution < 1.29 is 30.7 Å². The number of alkyl halides is 3. The molecule has 0 amide bonds. The lowest BCUT2D eigenvalue weighted by Crippen LogP contribution is -2.11. The Morgan fingerprint density at radius 3 is 2.42 bits per heavy atom. The van der Waals surface area contributed by atoms with E-state index in [4.69, 9.17) is 0 Å². The van der Waals surface area contributed by atoms with Crippen LogP contribution in [0.1, 0.15) is 11.3 Å². The lowest BCUT2D eigenvalue weighted by atomic mass is 10.1. The van der Waals surface area contributed by atoms with Gasteiger partial charge < -0.3 is 4.18 Å². The first kappa shape index (κ1) is 17.7. The number of imidazole rings is 1. The van der Waals surface area contributed by atoms with Gasteiger partial charge in [0.05, 0.1) is 28.1 Å². The monoisotopic (exact) mass is 365 g/mol. The number of benzene rings is 1. The quantitative estimate of drug-likeness (QED) is 0.468. The van der Waals surface area contributed by atoms with Gasteiger partial charge in [-0.3, -0.25) is 14.7 Å². The van der Waals surface area contributed by atoms with Crippen LogP contribution in [0.2, 0.25) is 0 Å². The van der Waals surface area contributed by atoms with Gasteiger partial charge in [-0.1, -0.05) is 0 Å². The van der Waals surface area contributed by atoms with Crippen molar-refractivity contribution in [3.63, 3.8) is 0 Å². The molecule has 0 aliphatic carbocycles. The lowest BCUT2D eigenvalue weighted by molar-refractivity contribution is -0.385. The first-order valence-corrected chi connectivity index (χ1v) is 8.01. The molecule has 0 saturated heterocycles. The van der Waals surface area contributed by atoms with Crippen molar-refractivity contribution in [3.8, 4) is 11.7 Å². The fourth-order valence-electron chi connectivity index (χ4n) is 1.86. The third kappa shape index (κ3) is 4.01. The molecule has 0 aliphatic rings. The van der Waals surface area contributed by atoms with Crippen LogP contribution in [-0.2, 0) is 16.3 Å². The summed E-state index contributed by atoms with van der Waals surface area (Å²) in [4.78, 5) is 13.6. The smallest absolute Gasteiger partial charge is 0.345 e. The zero-order valence-corrected chi connectivity index (χ0v) is 13.1. The lowest BCUT2D eigenvalue weighted by Gasteiger charge is -2.11. The molecular weight excluding hydrogens is 355 g/mol. The standard InChI is InChI=1S/C12H10F3N3O5S/c1-7-6-17(11(16-7)23-24(2,21)22)9-3-8(12(13,14)15)4-10(5-9)18(19)20/h3-6H,1-2H3. The summed E-state index contributed by atoms with van der Waals surface area (Å²) in [6, 6.07) is 1.34. The molecule has 1 aromatic carbocycles. The second kappa shape index (κ2) is 5.78. The van der Waals surface area contributed by atoms with Crippen LogP contribution in [0.15, 0.2) is 24.4 Å². The molecule has 0 bridgehead atoms. The number of aryl methyl sites for hydroxylation is 1. The second-order valence-electron chi connectivity index (χ2n) is 4.82. The minimum Gasteiger partial charge on any atom is -0.345 e. The maximum absolute atomic E-state index is 12.9. The van der Waals surface area contributed by atoms with Crippen LogP contribution in [0.5, 0.6) is 6.01 Å². The Balaban J connectivity index is 2.68. The summed E-state index contributed by atoms with van der Waals surface area (Å²) in [5.74, 6) is 0. The average Bonchev–Trinajstić information content (AvgIpc) is 2.75. The minimum atomic E-state index is -4.83. The molecular formula is C12H10F3N3O5S. The first-order chi connectivity index (χ1) is 10.9. The summed E-state index contributed by atoms with van der Waals surface area (Å²) in [5.41, 5.74) is -2.13. The topological polar surface area (TPSA) is 104 Å². The highest BCUT2D eigenvalue weighted by atomic mass is 32.2. The average molecular weight is 365 g/mol. The zero-order chi connectivity index (χ0) is 18.3. The van der Waals surface area contributed by atoms with Crippen molar-refractivity contribution in [1.29, 1.82) is 0 Å². The van der Waals surface area contributed by atoms with E-state index in [0.29, 0.717) is 12.1 Å². The van der Waals surface area contributed by atoms with E-state index in [0.717, 1.165) is 16.9 Å². The van der Waals surface area contributed by atoms with Gasteiger partial charge in [0.15, 0.2) is 0 Å². The maximum atomic E-state index is 12.9. The largest absolute Gasteiger partial charge is 0.416 e. The summed E-state index contributed by atoms with van der Waals surface area (Å²) in [7, 11) is -4.00. The summed E-state index contributed by atoms with van der Waals surface area (Å²) >= 11 is 0. The van der Waals surface area contributed by atoms with Gasteiger partial charge in [-0.25, -0.2) is 0 Å². The Morgan fingerprint density at radius 1 is 1.29 bits per heavy atom. The molecule has 0 saturated carbocycles. The van der Waals surface area contributed by atoms with Crippen LogP contribution in [0.4, 0.5) is 18.9 Å². The number of nitrogens with zero attached hydrogens (tertiary/aromatic N) is 3. The molecule has 1 heterocycles. The Bertz CT molecular complexity index is 905. The van der Waals surface area contributed by atoms with Gasteiger partial charge in [0.1, 0.15) is 0 Å². The summed E-state index contributed by atoms with van der Waals surface area (Å²) in [6.07, 6.45) is -2.90. The summed E-state index contributed by atoms with van der Waals surface area (Å²) < 4.78 is 66.7. The van der Waals surface area contributed by atoms with E-state index in [1.165, 1.54) is 13.1 Å². The number of hydrogen-bond acceptors (Lipinski definition) is 6. The molecule has 0 atom stereocenters. The Hall–Kier alpha value is -2.63. The van der Waals surface area contributed by atoms with Gasteiger partial charge in [-0.05, 0) is 13.0 Å². The normalized spacial score (nSPS) is 12.2. The molecule has 0 radical (unpaired) electrons. The SMILES string of the molecule is Cc1cn(-c2cc([N+](=O)[O-])cc(C(F)(F)F)c2)c(OS(C)(=O)=O)n1. The van der Waals surface area contributed by atoms with Gasteiger partial charge in [0, 0.05) is 18.3 Å². The van der Waals surface area contributed by atoms with E-state index in [1.54, 1.807) is 0 Å². The van der Waals surface area contributed by atoms with E-state index < -0.39 is 38.5 Å². The molecule has 2 rings (SSSR count). The fraction of sp³-hybridized carbons (Fsp3) is 0.250. The first-order valence-electron chi connectivity index (χ1n) is 6.19. The molecule has 0 fully saturated rings. The third-order valence-corrected chi connectivity index (χ3v) is 3.19. The third-order valence-electron chi connectivity index (χ3n) is 2.74. The minimum absolute atomic E-state index is 0.244. The Labute approximate surface area is 133 Å². The fourth-order valence-corrected chi connectivity index (χ4v) is 2.25. The highest BCUT2D eigenvalue weighted by Gasteiger charge is 2.33. The summed E-state index contributed by atoms with van der Waals surface area (Å²) in [5, 5.41) is 10.9. The molecule has 12 heteroatoms. The van der Waals surface area contributed by atoms with Gasteiger partial charge >= 0.3 is 22.3 Å². The van der Waals surface area contributed by atoms with Crippen LogP contribution < -0.4 is 4.18 Å². The highest BCUT2D eigenvalue weighted by Crippen LogP contribution is 2.34. The maximum Gasteiger partial charge on any atom is 0.416 e. The van der Waals surface area contributed by atoms with Gasteiger partial charge in [0.2, 0.25) is 0 Å². The Kier molecular flexibility index (Phi) is 4.27. The van der Waals surface area contributed by atoms with E-state index in [-0.39, 0.29) is 11.4 Å². The van der Waals surface area contributed by atoms with Gasteiger partial charge in [0.25, 0.3) is 5.69 Å². The number of nitro benzene ring substituents is 1. The summed E-state index contributed by atoms with van der Waals surface area (Å²) in [6.45, 7) is 1.45. The van der Waals surface area contributed by atoms with Crippen molar-refractivity contribution in [2.75, 3.05) is 6.26 Å². The number of halogens is 3. The number of aromatic nitrogens is 2. The van der Waals surface area contributed by atoms with Gasteiger partial charge in [-0.15, -0.1) is 0 Å². The number of nitro groups is 1. The van der Waals surface area contributed by atoms with E-state index >= 15 is 0 Å². The van der Waals surface area contributed by atoms with Crippen molar-refractivity contribution in [1.82, 2.24) is 9.55 Å². The molecule has 2 aromatic rings. The van der Waals surface area contributed by atoms with Crippen molar-refractivity contribution in [2.45, 2.75) is 13.1 Å². The predicted molar refractivity (Wildman–Crippen MR) is 75.4 cm³/mol. The van der Waals surface area contributed by atoms with Gasteiger partial charge in [-0.2, -0.15) is 26.6 Å². The zero-order valence-electron chi connectivity index (χ0n) is 12.2. The molecule has 0 unspecified atom stereocenters. The molecule has 0 N–H and O–H groups in total. The van der Waals surface area contributed by atoms with Crippen LogP contribution >= 0.6 is 0 Å². The predicted octanol–water partition coefficient (Wildman–Crippen LogP) is 2.45. The van der Waals surface area contributed by atoms with Crippen LogP contribution in [0.25, 0.3) is 5.69 Å². The molecule has 0 aliphatic heterocycles. The van der Waals surface area contributed by atoms with Crippen LogP contribution in [0, 0.1) is 17.0 Å². The number of rotatable bonds is 4. The van der Waals surface area contributed by atoms with E-state index in [9.17, 15) is 31.7 Å². The van der Waals surface area contributed by atoms with Crippen molar-refractivity contribution in [2.24, 2.45) is 0 Å². The molecule has 130 valence electrons.